The molecule has 3 heterocycles. The normalized spacial score (nSPS) is 17.6. The van der Waals surface area contributed by atoms with Gasteiger partial charge >= 0.3 is 0 Å². The first kappa shape index (κ1) is 34.7. The van der Waals surface area contributed by atoms with Gasteiger partial charge in [0, 0.05) is 40.6 Å². The van der Waals surface area contributed by atoms with E-state index < -0.39 is 0 Å². The highest BCUT2D eigenvalue weighted by Crippen LogP contribution is 2.46. The molecule has 3 aromatic heterocycles. The van der Waals surface area contributed by atoms with Crippen molar-refractivity contribution in [3.8, 4) is 34.1 Å². The van der Waals surface area contributed by atoms with Gasteiger partial charge in [0.1, 0.15) is 17.3 Å². The second-order valence-electron chi connectivity index (χ2n) is 15.9. The van der Waals surface area contributed by atoms with E-state index in [1.807, 2.05) is 12.3 Å². The van der Waals surface area contributed by atoms with Crippen molar-refractivity contribution in [3.63, 3.8) is 0 Å². The third-order valence-electron chi connectivity index (χ3n) is 11.0. The van der Waals surface area contributed by atoms with Gasteiger partial charge in [-0.2, -0.15) is 5.10 Å². The molecule has 4 aromatic carbocycles. The van der Waals surface area contributed by atoms with E-state index in [-0.39, 0.29) is 0 Å². The molecule has 1 unspecified atom stereocenters. The molecule has 0 spiro atoms. The summed E-state index contributed by atoms with van der Waals surface area (Å²) in [5.74, 6) is 4.58. The van der Waals surface area contributed by atoms with Crippen molar-refractivity contribution >= 4 is 21.8 Å². The SMILES string of the molecule is CC1=CC(C)C[C@H](C)[C@@H]1c1c(C(C)C)nn(-c2cc(C)cc(Oc3ccc4c5ccccc5n(-c5cc(-c6ccccc6)ccn5)c4c3)c2)c1C(C)C. The summed E-state index contributed by atoms with van der Waals surface area (Å²) in [5, 5.41) is 7.76. The van der Waals surface area contributed by atoms with Gasteiger partial charge in [0.25, 0.3) is 0 Å². The summed E-state index contributed by atoms with van der Waals surface area (Å²) in [4.78, 5) is 4.88. The summed E-state index contributed by atoms with van der Waals surface area (Å²) in [5.41, 5.74) is 12.0. The summed E-state index contributed by atoms with van der Waals surface area (Å²) in [6, 6.07) is 36.2. The first-order valence-electron chi connectivity index (χ1n) is 19.2. The highest BCUT2D eigenvalue weighted by Gasteiger charge is 2.35. The molecule has 0 saturated heterocycles. The van der Waals surface area contributed by atoms with Crippen molar-refractivity contribution in [1.82, 2.24) is 19.3 Å². The Morgan fingerprint density at radius 1 is 0.717 bits per heavy atom. The smallest absolute Gasteiger partial charge is 0.138 e. The Bertz CT molecular complexity index is 2480. The van der Waals surface area contributed by atoms with Crippen LogP contribution in [0.15, 0.2) is 121 Å². The number of nitrogens with zero attached hydrogens (tertiary/aromatic N) is 4. The summed E-state index contributed by atoms with van der Waals surface area (Å²) in [6.45, 7) is 18.4. The van der Waals surface area contributed by atoms with Crippen molar-refractivity contribution in [2.75, 3.05) is 0 Å². The van der Waals surface area contributed by atoms with Crippen LogP contribution in [0.1, 0.15) is 95.2 Å². The predicted octanol–water partition coefficient (Wildman–Crippen LogP) is 13.1. The molecule has 3 atom stereocenters. The molecule has 7 aromatic rings. The largest absolute Gasteiger partial charge is 0.457 e. The third-order valence-corrected chi connectivity index (χ3v) is 11.0. The minimum atomic E-state index is 0.299. The second-order valence-corrected chi connectivity index (χ2v) is 15.9. The maximum absolute atomic E-state index is 6.77. The van der Waals surface area contributed by atoms with Crippen LogP contribution in [-0.4, -0.2) is 19.3 Å². The minimum Gasteiger partial charge on any atom is -0.457 e. The Labute approximate surface area is 314 Å². The molecule has 5 heteroatoms. The summed E-state index contributed by atoms with van der Waals surface area (Å²) < 4.78 is 11.2. The van der Waals surface area contributed by atoms with E-state index in [0.717, 1.165) is 56.1 Å². The molecule has 0 fully saturated rings. The van der Waals surface area contributed by atoms with Crippen LogP contribution in [0.4, 0.5) is 0 Å². The Balaban J connectivity index is 1.22. The molecule has 1 aliphatic carbocycles. The zero-order chi connectivity index (χ0) is 37.0. The monoisotopic (exact) mass is 698 g/mol. The summed E-state index contributed by atoms with van der Waals surface area (Å²) in [7, 11) is 0. The minimum absolute atomic E-state index is 0.299. The van der Waals surface area contributed by atoms with E-state index in [1.165, 1.54) is 34.3 Å². The number of para-hydroxylation sites is 1. The molecule has 1 aliphatic rings. The molecule has 0 bridgehead atoms. The number of rotatable bonds is 8. The van der Waals surface area contributed by atoms with Crippen LogP contribution in [0, 0.1) is 18.8 Å². The van der Waals surface area contributed by atoms with Gasteiger partial charge < -0.3 is 4.74 Å². The molecule has 0 amide bonds. The molecule has 5 nitrogen and oxygen atoms in total. The van der Waals surface area contributed by atoms with Crippen molar-refractivity contribution in [2.45, 2.75) is 79.6 Å². The van der Waals surface area contributed by atoms with Gasteiger partial charge in [-0.15, -0.1) is 0 Å². The molecule has 53 heavy (non-hydrogen) atoms. The number of aryl methyl sites for hydroxylation is 1. The molecule has 0 N–H and O–H groups in total. The average molecular weight is 699 g/mol. The number of hydrogen-bond donors (Lipinski definition) is 0. The molecular formula is C48H50N4O. The van der Waals surface area contributed by atoms with Crippen LogP contribution in [0.3, 0.4) is 0 Å². The van der Waals surface area contributed by atoms with Crippen LogP contribution in [0.2, 0.25) is 0 Å². The quantitative estimate of drug-likeness (QED) is 0.148. The highest BCUT2D eigenvalue weighted by molar-refractivity contribution is 6.09. The van der Waals surface area contributed by atoms with Crippen molar-refractivity contribution in [2.24, 2.45) is 11.8 Å². The zero-order valence-corrected chi connectivity index (χ0v) is 32.3. The van der Waals surface area contributed by atoms with Crippen LogP contribution in [-0.2, 0) is 0 Å². The van der Waals surface area contributed by atoms with E-state index in [4.69, 9.17) is 14.8 Å². The topological polar surface area (TPSA) is 44.9 Å². The van der Waals surface area contributed by atoms with Gasteiger partial charge in [-0.25, -0.2) is 9.67 Å². The summed E-state index contributed by atoms with van der Waals surface area (Å²) >= 11 is 0. The van der Waals surface area contributed by atoms with Gasteiger partial charge in [-0.1, -0.05) is 102 Å². The second kappa shape index (κ2) is 13.9. The van der Waals surface area contributed by atoms with E-state index in [0.29, 0.717) is 29.6 Å². The van der Waals surface area contributed by atoms with Crippen molar-refractivity contribution in [1.29, 1.82) is 0 Å². The van der Waals surface area contributed by atoms with Crippen LogP contribution in [0.25, 0.3) is 44.4 Å². The lowest BCUT2D eigenvalue weighted by Crippen LogP contribution is -2.21. The standard InChI is InChI=1S/C48H50N4O/c1-29(2)47-46(45-33(7)22-31(5)23-34(45)8)48(30(3)4)52(50-47)37-24-32(6)25-39(27-37)53-38-18-19-41-40-16-12-13-17-42(40)51(43(41)28-38)44-26-36(20-21-49-44)35-14-10-9-11-15-35/h9-22,24-31,34,45H,23H2,1-8H3/t31?,34-,45+/m0/s1. The first-order valence-corrected chi connectivity index (χ1v) is 19.2. The zero-order valence-electron chi connectivity index (χ0n) is 32.3. The molecule has 0 radical (unpaired) electrons. The van der Waals surface area contributed by atoms with E-state index in [2.05, 4.69) is 168 Å². The average Bonchev–Trinajstić information content (AvgIpc) is 3.68. The number of hydrogen-bond acceptors (Lipinski definition) is 3. The molecule has 0 aliphatic heterocycles. The Hall–Kier alpha value is -5.42. The van der Waals surface area contributed by atoms with Crippen LogP contribution in [0.5, 0.6) is 11.5 Å². The Kier molecular flexibility index (Phi) is 9.06. The Morgan fingerprint density at radius 2 is 1.47 bits per heavy atom. The van der Waals surface area contributed by atoms with Crippen molar-refractivity contribution in [3.05, 3.63) is 143 Å². The van der Waals surface area contributed by atoms with E-state index >= 15 is 0 Å². The number of allylic oxidation sites excluding steroid dienone is 2. The van der Waals surface area contributed by atoms with Gasteiger partial charge in [0.2, 0.25) is 0 Å². The fraction of sp³-hybridized carbons (Fsp3) is 0.292. The fourth-order valence-corrected chi connectivity index (χ4v) is 8.92. The lowest BCUT2D eigenvalue weighted by molar-refractivity contribution is 0.388. The molecule has 0 saturated carbocycles. The van der Waals surface area contributed by atoms with Gasteiger partial charge in [0.05, 0.1) is 28.1 Å². The number of fused-ring (bicyclic) bond motifs is 3. The van der Waals surface area contributed by atoms with Crippen LogP contribution < -0.4 is 4.74 Å². The lowest BCUT2D eigenvalue weighted by atomic mass is 9.71. The number of pyridine rings is 1. The number of aromatic nitrogens is 4. The maximum Gasteiger partial charge on any atom is 0.138 e. The third kappa shape index (κ3) is 6.37. The lowest BCUT2D eigenvalue weighted by Gasteiger charge is -2.33. The van der Waals surface area contributed by atoms with E-state index in [1.54, 1.807) is 0 Å². The first-order chi connectivity index (χ1) is 25.6. The molecule has 268 valence electrons. The number of benzene rings is 4. The van der Waals surface area contributed by atoms with E-state index in [9.17, 15) is 0 Å². The summed E-state index contributed by atoms with van der Waals surface area (Å²) in [6.07, 6.45) is 5.58. The fourth-order valence-electron chi connectivity index (χ4n) is 8.92. The van der Waals surface area contributed by atoms with Gasteiger partial charge in [-0.05, 0) is 103 Å². The molecule has 8 rings (SSSR count). The molecular weight excluding hydrogens is 649 g/mol. The maximum atomic E-state index is 6.77. The van der Waals surface area contributed by atoms with Crippen LogP contribution >= 0.6 is 0 Å². The van der Waals surface area contributed by atoms with Gasteiger partial charge in [0.15, 0.2) is 0 Å². The highest BCUT2D eigenvalue weighted by atomic mass is 16.5. The van der Waals surface area contributed by atoms with Gasteiger partial charge in [-0.3, -0.25) is 4.57 Å². The Morgan fingerprint density at radius 3 is 2.23 bits per heavy atom. The predicted molar refractivity (Wildman–Crippen MR) is 220 cm³/mol. The number of ether oxygens (including phenoxy) is 1. The van der Waals surface area contributed by atoms with Crippen molar-refractivity contribution < 1.29 is 4.74 Å².